The summed E-state index contributed by atoms with van der Waals surface area (Å²) in [7, 11) is 3.00. The Kier molecular flexibility index (Phi) is 11.1. The first-order valence-electron chi connectivity index (χ1n) is 17.9. The molecule has 2 N–H and O–H groups in total. The van der Waals surface area contributed by atoms with Gasteiger partial charge in [0.2, 0.25) is 0 Å². The predicted molar refractivity (Wildman–Crippen MR) is 216 cm³/mol. The molecule has 10 heteroatoms. The molecule has 7 rings (SSSR count). The second kappa shape index (κ2) is 16.6. The van der Waals surface area contributed by atoms with Crippen LogP contribution in [0.2, 0.25) is 0 Å². The number of benzene rings is 6. The fraction of sp³-hybridized carbons (Fsp3) is 0.156. The number of amides is 1. The lowest BCUT2D eigenvalue weighted by atomic mass is 10.0. The molecule has 7 aromatic rings. The number of fused-ring (bicyclic) bond motifs is 2. The van der Waals surface area contributed by atoms with Gasteiger partial charge in [0, 0.05) is 40.4 Å². The Morgan fingerprint density at radius 3 is 1.96 bits per heavy atom. The number of rotatable bonds is 14. The second-order valence-electron chi connectivity index (χ2n) is 13.0. The van der Waals surface area contributed by atoms with Crippen molar-refractivity contribution in [1.29, 1.82) is 0 Å². The van der Waals surface area contributed by atoms with E-state index in [2.05, 4.69) is 28.8 Å². The van der Waals surface area contributed by atoms with Crippen molar-refractivity contribution in [2.45, 2.75) is 13.5 Å². The van der Waals surface area contributed by atoms with Crippen molar-refractivity contribution in [3.8, 4) is 22.3 Å². The summed E-state index contributed by atoms with van der Waals surface area (Å²) in [6.07, 6.45) is 0. The number of anilines is 3. The summed E-state index contributed by atoms with van der Waals surface area (Å²) in [6.45, 7) is 3.57. The highest BCUT2D eigenvalue weighted by Crippen LogP contribution is 2.34. The van der Waals surface area contributed by atoms with E-state index in [0.29, 0.717) is 54.6 Å². The third-order valence-corrected chi connectivity index (χ3v) is 9.45. The molecule has 55 heavy (non-hydrogen) atoms. The van der Waals surface area contributed by atoms with E-state index in [-0.39, 0.29) is 17.7 Å². The largest absolute Gasteiger partial charge is 0.465 e. The fourth-order valence-electron chi connectivity index (χ4n) is 6.53. The van der Waals surface area contributed by atoms with Gasteiger partial charge in [-0.3, -0.25) is 14.3 Å². The average molecular weight is 733 g/mol. The summed E-state index contributed by atoms with van der Waals surface area (Å²) in [5, 5.41) is 14.3. The first kappa shape index (κ1) is 36.7. The zero-order valence-electron chi connectivity index (χ0n) is 30.8. The van der Waals surface area contributed by atoms with E-state index in [1.807, 2.05) is 89.6 Å². The van der Waals surface area contributed by atoms with Crippen LogP contribution in [0.15, 0.2) is 127 Å². The van der Waals surface area contributed by atoms with Gasteiger partial charge < -0.3 is 24.8 Å². The van der Waals surface area contributed by atoms with E-state index in [1.165, 1.54) is 7.11 Å². The van der Waals surface area contributed by atoms with E-state index in [0.717, 1.165) is 49.6 Å². The Balaban J connectivity index is 1.09. The van der Waals surface area contributed by atoms with Crippen LogP contribution in [0.3, 0.4) is 0 Å². The van der Waals surface area contributed by atoms with Crippen molar-refractivity contribution in [3.63, 3.8) is 0 Å². The second-order valence-corrected chi connectivity index (χ2v) is 13.0. The van der Waals surface area contributed by atoms with E-state index in [1.54, 1.807) is 38.3 Å². The quantitative estimate of drug-likeness (QED) is 0.0645. The van der Waals surface area contributed by atoms with Gasteiger partial charge in [0.15, 0.2) is 11.6 Å². The molecule has 0 atom stereocenters. The highest BCUT2D eigenvalue weighted by Gasteiger charge is 2.16. The number of hydrogen-bond donors (Lipinski definition) is 2. The fourth-order valence-corrected chi connectivity index (χ4v) is 6.53. The molecule has 10 nitrogen and oxygen atoms in total. The summed E-state index contributed by atoms with van der Waals surface area (Å²) in [6, 6.07) is 40.1. The van der Waals surface area contributed by atoms with Crippen LogP contribution in [0, 0.1) is 0 Å². The van der Waals surface area contributed by atoms with E-state index in [9.17, 15) is 14.4 Å². The maximum absolute atomic E-state index is 13.1. The van der Waals surface area contributed by atoms with Crippen molar-refractivity contribution in [2.24, 2.45) is 0 Å². The lowest BCUT2D eigenvalue weighted by Crippen LogP contribution is -2.11. The molecular formula is C45H40N4O6. The van der Waals surface area contributed by atoms with Crippen LogP contribution in [0.4, 0.5) is 17.2 Å². The van der Waals surface area contributed by atoms with Gasteiger partial charge in [-0.15, -0.1) is 0 Å². The van der Waals surface area contributed by atoms with Gasteiger partial charge in [0.1, 0.15) is 0 Å². The average Bonchev–Trinajstić information content (AvgIpc) is 3.56. The summed E-state index contributed by atoms with van der Waals surface area (Å²) < 4.78 is 17.6. The molecule has 276 valence electrons. The van der Waals surface area contributed by atoms with Gasteiger partial charge in [-0.1, -0.05) is 66.7 Å². The molecule has 0 unspecified atom stereocenters. The van der Waals surface area contributed by atoms with Crippen LogP contribution >= 0.6 is 0 Å². The Morgan fingerprint density at radius 1 is 0.655 bits per heavy atom. The standard InChI is InChI=1S/C45H40N4O6/c1-29(50)37-22-23-41(39-7-5-4-6-38(37)39)47-43-40-21-18-35(28-42(40)49(48-43)24-25-55-27-26-53-2)32-16-19-36(20-17-32)46-44(51)33-12-8-30(9-13-33)31-10-14-34(15-11-31)45(52)54-3/h4-23,28H,24-27H2,1-3H3,(H,46,51)(H,47,48). The van der Waals surface area contributed by atoms with Crippen LogP contribution in [0.5, 0.6) is 0 Å². The normalized spacial score (nSPS) is 11.1. The third-order valence-electron chi connectivity index (χ3n) is 9.45. The number of ketones is 1. The minimum absolute atomic E-state index is 0.0159. The lowest BCUT2D eigenvalue weighted by Gasteiger charge is -2.11. The molecule has 0 aliphatic carbocycles. The van der Waals surface area contributed by atoms with Crippen LogP contribution in [0.1, 0.15) is 38.0 Å². The van der Waals surface area contributed by atoms with Crippen LogP contribution in [0.25, 0.3) is 43.9 Å². The number of carbonyl (C=O) groups is 3. The van der Waals surface area contributed by atoms with Crippen molar-refractivity contribution >= 4 is 56.5 Å². The number of nitrogens with one attached hydrogen (secondary N) is 2. The molecule has 0 bridgehead atoms. The Hall–Kier alpha value is -6.62. The highest BCUT2D eigenvalue weighted by molar-refractivity contribution is 6.11. The topological polar surface area (TPSA) is 121 Å². The molecule has 1 heterocycles. The minimum Gasteiger partial charge on any atom is -0.465 e. The summed E-state index contributed by atoms with van der Waals surface area (Å²) in [4.78, 5) is 37.2. The molecular weight excluding hydrogens is 693 g/mol. The number of hydrogen-bond acceptors (Lipinski definition) is 8. The van der Waals surface area contributed by atoms with Gasteiger partial charge in [-0.25, -0.2) is 4.79 Å². The molecule has 0 radical (unpaired) electrons. The van der Waals surface area contributed by atoms with Crippen molar-refractivity contribution in [2.75, 3.05) is 44.7 Å². The molecule has 0 aliphatic heterocycles. The van der Waals surface area contributed by atoms with Crippen LogP contribution < -0.4 is 10.6 Å². The van der Waals surface area contributed by atoms with Gasteiger partial charge in [-0.2, -0.15) is 5.10 Å². The first-order valence-corrected chi connectivity index (χ1v) is 17.9. The van der Waals surface area contributed by atoms with E-state index < -0.39 is 0 Å². The van der Waals surface area contributed by atoms with E-state index >= 15 is 0 Å². The number of Topliss-reactive ketones (excluding diaryl/α,β-unsaturated/α-hetero) is 1. The van der Waals surface area contributed by atoms with Gasteiger partial charge >= 0.3 is 5.97 Å². The van der Waals surface area contributed by atoms with Crippen LogP contribution in [-0.2, 0) is 20.8 Å². The predicted octanol–water partition coefficient (Wildman–Crippen LogP) is 9.17. The van der Waals surface area contributed by atoms with E-state index in [4.69, 9.17) is 19.3 Å². The zero-order chi connectivity index (χ0) is 38.3. The van der Waals surface area contributed by atoms with Crippen molar-refractivity contribution in [3.05, 3.63) is 144 Å². The monoisotopic (exact) mass is 732 g/mol. The van der Waals surface area contributed by atoms with Crippen molar-refractivity contribution < 1.29 is 28.6 Å². The minimum atomic E-state index is -0.387. The molecule has 1 amide bonds. The molecule has 0 aliphatic rings. The smallest absolute Gasteiger partial charge is 0.337 e. The zero-order valence-corrected chi connectivity index (χ0v) is 30.8. The summed E-state index contributed by atoms with van der Waals surface area (Å²) in [5.41, 5.74) is 7.95. The molecule has 6 aromatic carbocycles. The SMILES string of the molecule is COCCOCCn1nc(Nc2ccc(C(C)=O)c3ccccc23)c2ccc(-c3ccc(NC(=O)c4ccc(-c5ccc(C(=O)OC)cc5)cc4)cc3)cc21. The van der Waals surface area contributed by atoms with Crippen molar-refractivity contribution in [1.82, 2.24) is 9.78 Å². The number of nitrogens with zero attached hydrogens (tertiary/aromatic N) is 2. The molecule has 0 saturated heterocycles. The number of esters is 1. The highest BCUT2D eigenvalue weighted by atomic mass is 16.5. The summed E-state index contributed by atoms with van der Waals surface area (Å²) in [5.74, 6) is 0.105. The summed E-state index contributed by atoms with van der Waals surface area (Å²) >= 11 is 0. The number of carbonyl (C=O) groups excluding carboxylic acids is 3. The molecule has 0 saturated carbocycles. The Morgan fingerprint density at radius 2 is 1.29 bits per heavy atom. The Bertz CT molecular complexity index is 2490. The first-order chi connectivity index (χ1) is 26.8. The maximum atomic E-state index is 13.1. The molecule has 1 aromatic heterocycles. The number of ether oxygens (including phenoxy) is 3. The van der Waals surface area contributed by atoms with Gasteiger partial charge in [-0.05, 0) is 95.2 Å². The number of aromatic nitrogens is 2. The number of methoxy groups -OCH3 is 2. The molecule has 0 fully saturated rings. The lowest BCUT2D eigenvalue weighted by molar-refractivity contribution is 0.0600. The maximum Gasteiger partial charge on any atom is 0.337 e. The van der Waals surface area contributed by atoms with Gasteiger partial charge in [0.05, 0.1) is 44.6 Å². The Labute approximate surface area is 318 Å². The molecule has 0 spiro atoms. The van der Waals surface area contributed by atoms with Crippen LogP contribution in [-0.4, -0.2) is 61.5 Å². The van der Waals surface area contributed by atoms with Gasteiger partial charge in [0.25, 0.3) is 5.91 Å². The third kappa shape index (κ3) is 8.16.